The van der Waals surface area contributed by atoms with Gasteiger partial charge in [-0.3, -0.25) is 43.5 Å². The highest BCUT2D eigenvalue weighted by molar-refractivity contribution is 5.98. The monoisotopic (exact) mass is 1400 g/mol. The van der Waals surface area contributed by atoms with Crippen LogP contribution in [-0.4, -0.2) is 317 Å². The maximum atomic E-state index is 15.2. The zero-order valence-corrected chi connectivity index (χ0v) is 53.0. The van der Waals surface area contributed by atoms with Gasteiger partial charge in [-0.1, -0.05) is 45.0 Å². The fraction of sp³-hybridized carbons (Fsp3) is 0.644. The number of nitrogens with one attached hydrogen (secondary N) is 7. The molecule has 6 amide bonds. The van der Waals surface area contributed by atoms with Crippen LogP contribution in [0, 0.1) is 11.7 Å². The van der Waals surface area contributed by atoms with Crippen molar-refractivity contribution >= 4 is 53.3 Å². The van der Waals surface area contributed by atoms with Gasteiger partial charge in [-0.25, -0.2) is 4.39 Å². The highest BCUT2D eigenvalue weighted by Gasteiger charge is 2.55. The molecule has 24 N–H and O–H groups in total. The lowest BCUT2D eigenvalue weighted by Crippen LogP contribution is -2.70. The lowest BCUT2D eigenvalue weighted by atomic mass is 9.91. The molecule has 0 saturated carbocycles. The van der Waals surface area contributed by atoms with E-state index in [1.807, 2.05) is 0 Å². The fourth-order valence-electron chi connectivity index (χ4n) is 11.9. The van der Waals surface area contributed by atoms with Crippen LogP contribution < -0.4 is 53.4 Å². The standard InChI is InChI=1S/C59H85FN12O26/c1-21(2)11-35(78)97-49-42(82)32(19-75)95-57(47(49)87)98-48-33(20-76)96-56(46(86)44(48)84)93-26-9-7-23(8-10-26)12-27-51(89)70-37(39(79)28-14-64-58(61)68-28)54(92)71-38(40(80)30-15-65-59(62)72(30)55-45(85)43(83)41(81)31(18-74)94-55)53(91)67-29(17-73)50(88)63-16-34(77)69-36(52(90)66-27)22(3)24-5-4-6-25(60)13-24/h4-10,13,21-22,27-33,36-49,55-57,73-76,79-87H,11-12,14-20H2,1-3H3,(H2,62,65)(H,63,88)(H,66,90)(H,67,91)(H,69,77)(H,70,89)(H,71,92)(H3,61,64,68)/t22?,27-,28?,29+,30?,31-,32-,33-,36+,37+,38-,39?,40?,41-,42-,43+,44-,45+,46+,47+,48-,49+,55+,56+,57-/m1/s1. The van der Waals surface area contributed by atoms with E-state index in [0.29, 0.717) is 0 Å². The van der Waals surface area contributed by atoms with E-state index in [1.54, 1.807) is 13.8 Å². The van der Waals surface area contributed by atoms with Crippen LogP contribution in [0.1, 0.15) is 44.2 Å². The Balaban J connectivity index is 1.10. The summed E-state index contributed by atoms with van der Waals surface area (Å²) in [5.74, 6) is -11.5. The number of nitrogens with zero attached hydrogens (tertiary/aromatic N) is 3. The zero-order valence-electron chi connectivity index (χ0n) is 53.0. The molecule has 544 valence electrons. The van der Waals surface area contributed by atoms with Crippen molar-refractivity contribution in [1.82, 2.24) is 42.1 Å². The summed E-state index contributed by atoms with van der Waals surface area (Å²) in [6.45, 7) is -0.967. The average molecular weight is 1400 g/mol. The van der Waals surface area contributed by atoms with Crippen molar-refractivity contribution in [2.45, 2.75) is 186 Å². The Morgan fingerprint density at radius 1 is 0.633 bits per heavy atom. The molecule has 0 spiro atoms. The summed E-state index contributed by atoms with van der Waals surface area (Å²) in [4.78, 5) is 109. The molecule has 39 heteroatoms. The molecule has 5 unspecified atom stereocenters. The molecule has 8 rings (SSSR count). The van der Waals surface area contributed by atoms with E-state index in [9.17, 15) is 94.7 Å². The lowest BCUT2D eigenvalue weighted by Gasteiger charge is -2.46. The normalized spacial score (nSPS) is 35.7. The van der Waals surface area contributed by atoms with Crippen LogP contribution >= 0.6 is 0 Å². The molecular weight excluding hydrogens is 1310 g/mol. The molecule has 38 nitrogen and oxygen atoms in total. The number of aliphatic hydroxyl groups excluding tert-OH is 13. The number of amides is 6. The fourth-order valence-corrected chi connectivity index (χ4v) is 11.9. The predicted molar refractivity (Wildman–Crippen MR) is 326 cm³/mol. The van der Waals surface area contributed by atoms with E-state index in [1.165, 1.54) is 43.3 Å². The number of hydrogen-bond donors (Lipinski definition) is 22. The maximum Gasteiger partial charge on any atom is 0.306 e. The third-order valence-electron chi connectivity index (χ3n) is 17.4. The number of nitrogens with two attached hydrogens (primary N) is 2. The molecule has 6 aliphatic heterocycles. The summed E-state index contributed by atoms with van der Waals surface area (Å²) in [6, 6.07) is -3.20. The van der Waals surface area contributed by atoms with Crippen LogP contribution in [0.5, 0.6) is 5.75 Å². The Morgan fingerprint density at radius 3 is 1.89 bits per heavy atom. The number of esters is 1. The van der Waals surface area contributed by atoms with Gasteiger partial charge in [0.2, 0.25) is 41.7 Å². The Kier molecular flexibility index (Phi) is 26.0. The van der Waals surface area contributed by atoms with E-state index >= 15 is 9.59 Å². The van der Waals surface area contributed by atoms with Gasteiger partial charge >= 0.3 is 5.97 Å². The van der Waals surface area contributed by atoms with Crippen molar-refractivity contribution in [2.24, 2.45) is 27.4 Å². The number of halogens is 1. The van der Waals surface area contributed by atoms with Crippen LogP contribution in [0.25, 0.3) is 0 Å². The second-order valence-electron chi connectivity index (χ2n) is 24.8. The van der Waals surface area contributed by atoms with Gasteiger partial charge in [0.25, 0.3) is 0 Å². The van der Waals surface area contributed by atoms with E-state index in [0.717, 1.165) is 17.0 Å². The molecule has 0 radical (unpaired) electrons. The smallest absolute Gasteiger partial charge is 0.306 e. The summed E-state index contributed by atoms with van der Waals surface area (Å²) < 4.78 is 48.9. The molecule has 25 atom stereocenters. The molecular formula is C59H85FN12O26. The van der Waals surface area contributed by atoms with Gasteiger partial charge in [-0.2, -0.15) is 0 Å². The molecule has 2 aromatic rings. The maximum absolute atomic E-state index is 15.2. The van der Waals surface area contributed by atoms with Crippen molar-refractivity contribution in [3.8, 4) is 5.75 Å². The molecule has 0 bridgehead atoms. The average Bonchev–Trinajstić information content (AvgIpc) is 1.43. The SMILES string of the molecule is CC(C)CC(=O)O[C@@H]1[C@H](O)[C@@H](O[C@H]2[C@H](O)[C@H](O)[C@@H](Oc3ccc(C[C@H]4NC(=O)[C@H](C(C)c5cccc(F)c5)NC(=O)CNC(=O)[C@H](CO)NC(=O)[C@@H](C(O)C5CN=C(N)N5[C@H]5O[C@H](CO)[C@@H](O)[C@H](O)[C@@H]5O)NC(=O)[C@H](C(O)C5CN=C(N)N5)NC4=O)cc3)O[C@@H]2CO)O[C@H](CO)[C@H]1O. The summed E-state index contributed by atoms with van der Waals surface area (Å²) >= 11 is 0. The number of aliphatic imine (C=N–C) groups is 2. The number of ether oxygens (including phenoxy) is 6. The molecule has 4 saturated heterocycles. The van der Waals surface area contributed by atoms with Gasteiger partial charge < -0.3 is 148 Å². The molecule has 2 aromatic carbocycles. The zero-order chi connectivity index (χ0) is 71.7. The summed E-state index contributed by atoms with van der Waals surface area (Å²) in [7, 11) is 0. The number of hydrogen-bond acceptors (Lipinski definition) is 32. The van der Waals surface area contributed by atoms with Gasteiger partial charge in [0.1, 0.15) is 121 Å². The van der Waals surface area contributed by atoms with Gasteiger partial charge in [-0.05, 0) is 41.3 Å². The number of aliphatic hydroxyl groups is 13. The largest absolute Gasteiger partial charge is 0.462 e. The van der Waals surface area contributed by atoms with Crippen molar-refractivity contribution in [3.63, 3.8) is 0 Å². The second-order valence-corrected chi connectivity index (χ2v) is 24.8. The van der Waals surface area contributed by atoms with Crippen LogP contribution in [0.3, 0.4) is 0 Å². The molecule has 0 aromatic heterocycles. The highest BCUT2D eigenvalue weighted by Crippen LogP contribution is 2.33. The van der Waals surface area contributed by atoms with Crippen molar-refractivity contribution in [3.05, 3.63) is 65.5 Å². The number of guanidine groups is 2. The van der Waals surface area contributed by atoms with E-state index in [2.05, 4.69) is 47.2 Å². The van der Waals surface area contributed by atoms with Crippen LogP contribution in [0.2, 0.25) is 0 Å². The third-order valence-corrected chi connectivity index (χ3v) is 17.4. The first kappa shape index (κ1) is 76.1. The van der Waals surface area contributed by atoms with Crippen LogP contribution in [0.4, 0.5) is 4.39 Å². The lowest BCUT2D eigenvalue weighted by molar-refractivity contribution is -0.353. The second kappa shape index (κ2) is 33.5. The minimum atomic E-state index is -2.38. The Bertz CT molecular complexity index is 3180. The summed E-state index contributed by atoms with van der Waals surface area (Å²) in [5.41, 5.74) is 12.4. The number of benzene rings is 2. The van der Waals surface area contributed by atoms with Gasteiger partial charge in [0.15, 0.2) is 30.5 Å². The summed E-state index contributed by atoms with van der Waals surface area (Å²) in [5, 5.41) is 159. The molecule has 6 aliphatic rings. The quantitative estimate of drug-likeness (QED) is 0.0547. The molecule has 98 heavy (non-hydrogen) atoms. The minimum Gasteiger partial charge on any atom is -0.462 e. The Labute approximate surface area is 557 Å². The molecule has 6 heterocycles. The van der Waals surface area contributed by atoms with Crippen molar-refractivity contribution in [1.29, 1.82) is 0 Å². The van der Waals surface area contributed by atoms with Crippen molar-refractivity contribution < 1.29 is 133 Å². The van der Waals surface area contributed by atoms with Gasteiger partial charge in [-0.15, -0.1) is 0 Å². The molecule has 4 fully saturated rings. The summed E-state index contributed by atoms with van der Waals surface area (Å²) in [6.07, 6.45) is -32.3. The number of carbonyl (C=O) groups excluding carboxylic acids is 7. The van der Waals surface area contributed by atoms with Gasteiger partial charge in [0.05, 0.1) is 58.1 Å². The third kappa shape index (κ3) is 17.7. The first-order valence-corrected chi connectivity index (χ1v) is 31.3. The van der Waals surface area contributed by atoms with Crippen LogP contribution in [-0.2, 0) is 63.7 Å². The predicted octanol–water partition coefficient (Wildman–Crippen LogP) is -11.9. The minimum absolute atomic E-state index is 0.110. The first-order chi connectivity index (χ1) is 46.5. The van der Waals surface area contributed by atoms with Crippen molar-refractivity contribution in [2.75, 3.05) is 46.1 Å². The first-order valence-electron chi connectivity index (χ1n) is 31.3. The van der Waals surface area contributed by atoms with E-state index < -0.39 is 252 Å². The number of rotatable bonds is 20. The van der Waals surface area contributed by atoms with E-state index in [-0.39, 0.29) is 41.7 Å². The molecule has 0 aliphatic carbocycles. The topological polar surface area (TPSA) is 602 Å². The van der Waals surface area contributed by atoms with E-state index in [4.69, 9.17) is 39.9 Å². The number of carbonyl (C=O) groups is 7. The van der Waals surface area contributed by atoms with Gasteiger partial charge in [0, 0.05) is 18.8 Å². The Morgan fingerprint density at radius 2 is 1.26 bits per heavy atom. The van der Waals surface area contributed by atoms with Crippen LogP contribution in [0.15, 0.2) is 58.5 Å². The Hall–Kier alpha value is -7.68. The highest BCUT2D eigenvalue weighted by atomic mass is 19.1.